The van der Waals surface area contributed by atoms with Crippen molar-refractivity contribution in [3.05, 3.63) is 24.4 Å². The Morgan fingerprint density at radius 1 is 1.19 bits per heavy atom. The summed E-state index contributed by atoms with van der Waals surface area (Å²) < 4.78 is 63.5. The van der Waals surface area contributed by atoms with Crippen LogP contribution in [0.2, 0.25) is 0 Å². The van der Waals surface area contributed by atoms with Gasteiger partial charge in [0.2, 0.25) is 5.95 Å². The highest BCUT2D eigenvalue weighted by atomic mass is 19.3. The molecule has 0 aliphatic carbocycles. The second-order valence-corrected chi connectivity index (χ2v) is 9.17. The molecule has 0 unspecified atom stereocenters. The maximum absolute atomic E-state index is 15.0. The summed E-state index contributed by atoms with van der Waals surface area (Å²) in [5, 5.41) is 17.9. The van der Waals surface area contributed by atoms with Crippen LogP contribution in [-0.2, 0) is 11.3 Å². The molecular formula is C22H24F4N10O. The van der Waals surface area contributed by atoms with Crippen molar-refractivity contribution in [1.29, 1.82) is 0 Å². The lowest BCUT2D eigenvalue weighted by molar-refractivity contribution is -0.131. The van der Waals surface area contributed by atoms with Crippen LogP contribution in [0, 0.1) is 0 Å². The Morgan fingerprint density at radius 3 is 2.73 bits per heavy atom. The molecule has 15 heteroatoms. The molecule has 0 spiro atoms. The van der Waals surface area contributed by atoms with Gasteiger partial charge in [0.05, 0.1) is 37.5 Å². The molecule has 1 atom stereocenters. The van der Waals surface area contributed by atoms with Crippen LogP contribution in [0.4, 0.5) is 29.3 Å². The molecule has 37 heavy (non-hydrogen) atoms. The van der Waals surface area contributed by atoms with E-state index in [9.17, 15) is 17.6 Å². The fraction of sp³-hybridized carbons (Fsp3) is 0.500. The average molecular weight is 520 g/mol. The smallest absolute Gasteiger partial charge is 0.280 e. The summed E-state index contributed by atoms with van der Waals surface area (Å²) in [5.41, 5.74) is 2.28. The van der Waals surface area contributed by atoms with Gasteiger partial charge in [-0.1, -0.05) is 5.21 Å². The third-order valence-corrected chi connectivity index (χ3v) is 6.76. The number of halogens is 4. The third-order valence-electron chi connectivity index (χ3n) is 6.76. The first-order valence-corrected chi connectivity index (χ1v) is 11.8. The van der Waals surface area contributed by atoms with Crippen molar-refractivity contribution in [2.75, 3.05) is 44.0 Å². The van der Waals surface area contributed by atoms with Gasteiger partial charge in [0, 0.05) is 25.4 Å². The van der Waals surface area contributed by atoms with Crippen molar-refractivity contribution < 1.29 is 22.3 Å². The first kappa shape index (κ1) is 23.8. The number of nitrogens with one attached hydrogen (secondary N) is 2. The highest BCUT2D eigenvalue weighted by Crippen LogP contribution is 2.33. The number of ether oxygens (including phenoxy) is 1. The largest absolute Gasteiger partial charge is 0.378 e. The van der Waals surface area contributed by atoms with E-state index in [0.717, 1.165) is 4.68 Å². The summed E-state index contributed by atoms with van der Waals surface area (Å²) in [7, 11) is 1.66. The molecule has 2 N–H and O–H groups in total. The Bertz CT molecular complexity index is 1440. The van der Waals surface area contributed by atoms with Gasteiger partial charge >= 0.3 is 0 Å². The molecular weight excluding hydrogens is 496 g/mol. The van der Waals surface area contributed by atoms with E-state index in [0.29, 0.717) is 47.9 Å². The number of piperidine rings is 1. The average Bonchev–Trinajstić information content (AvgIpc) is 3.42. The number of nitrogens with zero attached hydrogens (tertiary/aromatic N) is 8. The van der Waals surface area contributed by atoms with Crippen LogP contribution in [0.3, 0.4) is 0 Å². The zero-order valence-corrected chi connectivity index (χ0v) is 19.8. The lowest BCUT2D eigenvalue weighted by Crippen LogP contribution is -2.61. The summed E-state index contributed by atoms with van der Waals surface area (Å²) >= 11 is 0. The number of alkyl halides is 4. The molecule has 2 aliphatic heterocycles. The van der Waals surface area contributed by atoms with E-state index in [1.165, 1.54) is 4.52 Å². The Kier molecular flexibility index (Phi) is 5.82. The van der Waals surface area contributed by atoms with Crippen LogP contribution in [-0.4, -0.2) is 97.3 Å². The van der Waals surface area contributed by atoms with E-state index in [-0.39, 0.29) is 30.6 Å². The second kappa shape index (κ2) is 9.06. The lowest BCUT2D eigenvalue weighted by Gasteiger charge is -2.44. The first-order valence-electron chi connectivity index (χ1n) is 11.8. The number of pyridine rings is 1. The van der Waals surface area contributed by atoms with Gasteiger partial charge in [-0.25, -0.2) is 31.7 Å². The van der Waals surface area contributed by atoms with Gasteiger partial charge in [-0.3, -0.25) is 4.90 Å². The van der Waals surface area contributed by atoms with Crippen molar-refractivity contribution in [2.24, 2.45) is 0 Å². The Hall–Kier alpha value is -3.59. The van der Waals surface area contributed by atoms with E-state index in [4.69, 9.17) is 4.74 Å². The van der Waals surface area contributed by atoms with Crippen LogP contribution < -0.4 is 10.6 Å². The maximum Gasteiger partial charge on any atom is 0.280 e. The number of fused-ring (bicyclic) bond motifs is 2. The predicted octanol–water partition coefficient (Wildman–Crippen LogP) is 2.36. The summed E-state index contributed by atoms with van der Waals surface area (Å²) in [6.07, 6.45) is -0.704. The van der Waals surface area contributed by atoms with Gasteiger partial charge in [-0.2, -0.15) is 4.98 Å². The quantitative estimate of drug-likeness (QED) is 0.355. The zero-order chi connectivity index (χ0) is 25.7. The van der Waals surface area contributed by atoms with Crippen molar-refractivity contribution >= 4 is 28.4 Å². The molecule has 0 bridgehead atoms. The van der Waals surface area contributed by atoms with Gasteiger partial charge < -0.3 is 15.4 Å². The predicted molar refractivity (Wildman–Crippen MR) is 126 cm³/mol. The van der Waals surface area contributed by atoms with Crippen LogP contribution in [0.15, 0.2) is 24.4 Å². The lowest BCUT2D eigenvalue weighted by atomic mass is 9.98. The van der Waals surface area contributed by atoms with E-state index in [1.807, 2.05) is 0 Å². The molecule has 6 rings (SSSR count). The highest BCUT2D eigenvalue weighted by molar-refractivity contribution is 5.89. The van der Waals surface area contributed by atoms with E-state index < -0.39 is 24.9 Å². The molecule has 6 heterocycles. The van der Waals surface area contributed by atoms with E-state index in [1.54, 1.807) is 36.3 Å². The SMILES string of the molecule is CNc1nc(N[C@@H]2CCN(C3COC3)CC2(F)F)nn2ccc(-c3ccc4nnn(CC(F)F)c4n3)c12. The molecule has 0 aromatic carbocycles. The summed E-state index contributed by atoms with van der Waals surface area (Å²) in [5.74, 6) is -2.51. The number of hydrogen-bond acceptors (Lipinski definition) is 9. The Morgan fingerprint density at radius 2 is 2.03 bits per heavy atom. The Balaban J connectivity index is 1.30. The summed E-state index contributed by atoms with van der Waals surface area (Å²) in [4.78, 5) is 10.7. The number of rotatable bonds is 7. The minimum absolute atomic E-state index is 0.0474. The maximum atomic E-state index is 15.0. The van der Waals surface area contributed by atoms with Crippen LogP contribution in [0.5, 0.6) is 0 Å². The van der Waals surface area contributed by atoms with Gasteiger partial charge in [-0.15, -0.1) is 10.2 Å². The fourth-order valence-corrected chi connectivity index (χ4v) is 4.77. The first-order chi connectivity index (χ1) is 17.8. The second-order valence-electron chi connectivity index (χ2n) is 9.17. The third kappa shape index (κ3) is 4.31. The minimum atomic E-state index is -2.97. The molecule has 2 saturated heterocycles. The van der Waals surface area contributed by atoms with Crippen molar-refractivity contribution in [2.45, 2.75) is 37.4 Å². The molecule has 0 saturated carbocycles. The number of hydrogen-bond donors (Lipinski definition) is 2. The normalized spacial score (nSPS) is 20.5. The van der Waals surface area contributed by atoms with E-state index >= 15 is 0 Å². The number of likely N-dealkylation sites (tertiary alicyclic amines) is 1. The molecule has 196 valence electrons. The zero-order valence-electron chi connectivity index (χ0n) is 19.8. The molecule has 2 fully saturated rings. The fourth-order valence-electron chi connectivity index (χ4n) is 4.77. The van der Waals surface area contributed by atoms with Crippen LogP contribution in [0.25, 0.3) is 27.9 Å². The molecule has 0 amide bonds. The van der Waals surface area contributed by atoms with Gasteiger partial charge in [0.25, 0.3) is 12.3 Å². The van der Waals surface area contributed by atoms with E-state index in [2.05, 4.69) is 36.0 Å². The van der Waals surface area contributed by atoms with Crippen LogP contribution >= 0.6 is 0 Å². The van der Waals surface area contributed by atoms with Crippen molar-refractivity contribution in [3.63, 3.8) is 0 Å². The topological polar surface area (TPSA) is 110 Å². The van der Waals surface area contributed by atoms with Gasteiger partial charge in [0.15, 0.2) is 11.5 Å². The standard InChI is InChI=1S/C22H24F4N10O/c1-27-19-18-13(14-2-3-15-20(28-14)36(33-31-15)8-17(23)24)4-7-35(18)32-21(30-19)29-16-5-6-34(11-22(16,25)26)12-9-37-10-12/h2-4,7,12,16-17H,5-6,8-11H2,1H3,(H2,27,29,30,32)/t16-/m1/s1. The van der Waals surface area contributed by atoms with Gasteiger partial charge in [0.1, 0.15) is 17.6 Å². The van der Waals surface area contributed by atoms with Crippen molar-refractivity contribution in [1.82, 2.24) is 39.5 Å². The van der Waals surface area contributed by atoms with Crippen molar-refractivity contribution in [3.8, 4) is 11.3 Å². The van der Waals surface area contributed by atoms with Crippen LogP contribution in [0.1, 0.15) is 6.42 Å². The molecule has 0 radical (unpaired) electrons. The molecule has 4 aromatic rings. The monoisotopic (exact) mass is 520 g/mol. The highest BCUT2D eigenvalue weighted by Gasteiger charge is 2.47. The molecule has 4 aromatic heterocycles. The Labute approximate surface area is 207 Å². The molecule has 2 aliphatic rings. The number of aromatic nitrogens is 7. The summed E-state index contributed by atoms with van der Waals surface area (Å²) in [6, 6.07) is 4.03. The number of anilines is 2. The minimum Gasteiger partial charge on any atom is -0.378 e. The van der Waals surface area contributed by atoms with Gasteiger partial charge in [-0.05, 0) is 24.6 Å². The summed E-state index contributed by atoms with van der Waals surface area (Å²) in [6.45, 7) is 0.534. The molecule has 11 nitrogen and oxygen atoms in total.